The molecule has 3 aromatic rings. The minimum absolute atomic E-state index is 0.0101. The molecule has 3 rings (SSSR count). The van der Waals surface area contributed by atoms with Gasteiger partial charge in [-0.05, 0) is 41.6 Å². The zero-order chi connectivity index (χ0) is 18.8. The van der Waals surface area contributed by atoms with Crippen molar-refractivity contribution in [3.05, 3.63) is 69.4 Å². The molecular weight excluding hydrogens is 349 g/mol. The van der Waals surface area contributed by atoms with Gasteiger partial charge in [-0.1, -0.05) is 17.7 Å². The number of tetrazole rings is 1. The highest BCUT2D eigenvalue weighted by molar-refractivity contribution is 5.42. The third-order valence-electron chi connectivity index (χ3n) is 3.82. The molecule has 0 saturated carbocycles. The molecule has 6 nitrogen and oxygen atoms in total. The number of ether oxygens (including phenoxy) is 1. The number of alkyl halides is 2. The molecule has 2 aromatic carbocycles. The Balaban J connectivity index is 1.97. The van der Waals surface area contributed by atoms with Crippen molar-refractivity contribution in [3.63, 3.8) is 0 Å². The number of aromatic nitrogens is 4. The van der Waals surface area contributed by atoms with Crippen LogP contribution >= 0.6 is 0 Å². The van der Waals surface area contributed by atoms with Gasteiger partial charge >= 0.3 is 5.69 Å². The first-order valence-electron chi connectivity index (χ1n) is 7.66. The van der Waals surface area contributed by atoms with Crippen LogP contribution in [0.25, 0.3) is 5.69 Å². The van der Waals surface area contributed by atoms with Gasteiger partial charge in [0.15, 0.2) is 0 Å². The summed E-state index contributed by atoms with van der Waals surface area (Å²) in [6.07, 6.45) is -2.73. The predicted octanol–water partition coefficient (Wildman–Crippen LogP) is 2.93. The Morgan fingerprint density at radius 2 is 1.96 bits per heavy atom. The van der Waals surface area contributed by atoms with E-state index >= 15 is 0 Å². The lowest BCUT2D eigenvalue weighted by molar-refractivity contribution is 0.144. The first kappa shape index (κ1) is 17.7. The maximum Gasteiger partial charge on any atom is 0.368 e. The maximum atomic E-state index is 14.3. The van der Waals surface area contributed by atoms with E-state index in [0.717, 1.165) is 9.36 Å². The van der Waals surface area contributed by atoms with Gasteiger partial charge in [0.2, 0.25) is 0 Å². The second kappa shape index (κ2) is 7.03. The summed E-state index contributed by atoms with van der Waals surface area (Å²) < 4.78 is 48.0. The Bertz CT molecular complexity index is 998. The lowest BCUT2D eigenvalue weighted by atomic mass is 10.1. The van der Waals surface area contributed by atoms with Crippen LogP contribution in [0.15, 0.2) is 41.2 Å². The van der Waals surface area contributed by atoms with Crippen molar-refractivity contribution in [1.82, 2.24) is 19.8 Å². The Kier molecular flexibility index (Phi) is 4.79. The van der Waals surface area contributed by atoms with Crippen LogP contribution in [0.4, 0.5) is 13.2 Å². The van der Waals surface area contributed by atoms with Crippen molar-refractivity contribution < 1.29 is 17.9 Å². The Hall–Kier alpha value is -3.10. The maximum absolute atomic E-state index is 14.3. The summed E-state index contributed by atoms with van der Waals surface area (Å²) in [7, 11) is 1.41. The lowest BCUT2D eigenvalue weighted by Crippen LogP contribution is -2.23. The van der Waals surface area contributed by atoms with Gasteiger partial charge in [0, 0.05) is 7.05 Å². The molecule has 0 saturated heterocycles. The molecule has 0 fully saturated rings. The third kappa shape index (κ3) is 3.32. The summed E-state index contributed by atoms with van der Waals surface area (Å²) in [5, 5.41) is 7.26. The zero-order valence-corrected chi connectivity index (χ0v) is 14.0. The molecule has 0 bridgehead atoms. The van der Waals surface area contributed by atoms with E-state index in [4.69, 9.17) is 4.74 Å². The van der Waals surface area contributed by atoms with Crippen molar-refractivity contribution >= 4 is 0 Å². The van der Waals surface area contributed by atoms with Crippen LogP contribution in [0.1, 0.15) is 23.1 Å². The molecule has 9 heteroatoms. The second-order valence-electron chi connectivity index (χ2n) is 5.67. The number of rotatable bonds is 5. The summed E-state index contributed by atoms with van der Waals surface area (Å²) in [6.45, 7) is 1.33. The number of hydrogen-bond donors (Lipinski definition) is 0. The van der Waals surface area contributed by atoms with Gasteiger partial charge in [-0.15, -0.1) is 0 Å². The fourth-order valence-corrected chi connectivity index (χ4v) is 2.47. The molecule has 0 aliphatic carbocycles. The van der Waals surface area contributed by atoms with E-state index < -0.39 is 17.9 Å². The monoisotopic (exact) mass is 364 g/mol. The first-order chi connectivity index (χ1) is 12.4. The third-order valence-corrected chi connectivity index (χ3v) is 3.82. The van der Waals surface area contributed by atoms with Crippen molar-refractivity contribution in [2.24, 2.45) is 7.05 Å². The standard InChI is InChI=1S/C17H15F3N4O2/c1-10-6-7-15(11(8-10)16(19)20)26-9-12-13(18)4-3-5-14(12)24-17(25)23(2)21-22-24/h3-8,16H,9H2,1-2H3. The lowest BCUT2D eigenvalue weighted by Gasteiger charge is -2.14. The molecule has 0 N–H and O–H groups in total. The zero-order valence-electron chi connectivity index (χ0n) is 14.0. The molecule has 0 spiro atoms. The van der Waals surface area contributed by atoms with E-state index in [1.54, 1.807) is 13.0 Å². The van der Waals surface area contributed by atoms with E-state index in [1.807, 2.05) is 0 Å². The molecule has 0 amide bonds. The highest BCUT2D eigenvalue weighted by Crippen LogP contribution is 2.31. The van der Waals surface area contributed by atoms with Gasteiger partial charge in [-0.25, -0.2) is 18.0 Å². The van der Waals surface area contributed by atoms with Gasteiger partial charge < -0.3 is 4.74 Å². The van der Waals surface area contributed by atoms with Gasteiger partial charge in [0.1, 0.15) is 18.2 Å². The SMILES string of the molecule is Cc1ccc(OCc2c(F)cccc2-n2nnn(C)c2=O)c(C(F)F)c1. The second-order valence-corrected chi connectivity index (χ2v) is 5.67. The summed E-state index contributed by atoms with van der Waals surface area (Å²) >= 11 is 0. The number of nitrogens with zero attached hydrogens (tertiary/aromatic N) is 4. The van der Waals surface area contributed by atoms with E-state index in [9.17, 15) is 18.0 Å². The summed E-state index contributed by atoms with van der Waals surface area (Å²) in [5.74, 6) is -0.697. The molecule has 1 aromatic heterocycles. The average molecular weight is 364 g/mol. The molecule has 136 valence electrons. The van der Waals surface area contributed by atoms with Crippen LogP contribution in [0.5, 0.6) is 5.75 Å². The summed E-state index contributed by atoms with van der Waals surface area (Å²) in [5.41, 5.74) is -0.0462. The molecular formula is C17H15F3N4O2. The van der Waals surface area contributed by atoms with Gasteiger partial charge in [0.25, 0.3) is 6.43 Å². The van der Waals surface area contributed by atoms with Gasteiger partial charge in [-0.3, -0.25) is 0 Å². The largest absolute Gasteiger partial charge is 0.488 e. The topological polar surface area (TPSA) is 61.9 Å². The van der Waals surface area contributed by atoms with Crippen LogP contribution in [0.3, 0.4) is 0 Å². The van der Waals surface area contributed by atoms with Crippen LogP contribution < -0.4 is 10.4 Å². The van der Waals surface area contributed by atoms with Crippen LogP contribution in [-0.2, 0) is 13.7 Å². The van der Waals surface area contributed by atoms with E-state index in [1.165, 1.54) is 37.4 Å². The Morgan fingerprint density at radius 1 is 1.19 bits per heavy atom. The minimum Gasteiger partial charge on any atom is -0.488 e. The van der Waals surface area contributed by atoms with Crippen molar-refractivity contribution in [3.8, 4) is 11.4 Å². The summed E-state index contributed by atoms with van der Waals surface area (Å²) in [6, 6.07) is 8.41. The van der Waals surface area contributed by atoms with Crippen LogP contribution in [0, 0.1) is 12.7 Å². The number of aryl methyl sites for hydroxylation is 2. The van der Waals surface area contributed by atoms with Crippen LogP contribution in [-0.4, -0.2) is 19.8 Å². The number of benzene rings is 2. The highest BCUT2D eigenvalue weighted by Gasteiger charge is 2.18. The van der Waals surface area contributed by atoms with E-state index in [0.29, 0.717) is 5.56 Å². The van der Waals surface area contributed by atoms with Crippen molar-refractivity contribution in [1.29, 1.82) is 0 Å². The van der Waals surface area contributed by atoms with E-state index in [2.05, 4.69) is 10.4 Å². The predicted molar refractivity (Wildman–Crippen MR) is 87.0 cm³/mol. The molecule has 0 aliphatic heterocycles. The van der Waals surface area contributed by atoms with Crippen LogP contribution in [0.2, 0.25) is 0 Å². The van der Waals surface area contributed by atoms with E-state index in [-0.39, 0.29) is 29.2 Å². The molecule has 26 heavy (non-hydrogen) atoms. The number of halogens is 3. The Labute approximate surface area is 146 Å². The highest BCUT2D eigenvalue weighted by atomic mass is 19.3. The normalized spacial score (nSPS) is 11.2. The quantitative estimate of drug-likeness (QED) is 0.698. The Morgan fingerprint density at radius 3 is 2.62 bits per heavy atom. The smallest absolute Gasteiger partial charge is 0.368 e. The fraction of sp³-hybridized carbons (Fsp3) is 0.235. The first-order valence-corrected chi connectivity index (χ1v) is 7.66. The van der Waals surface area contributed by atoms with Gasteiger partial charge in [0.05, 0.1) is 16.8 Å². The molecule has 1 heterocycles. The molecule has 0 atom stereocenters. The molecule has 0 aliphatic rings. The average Bonchev–Trinajstić information content (AvgIpc) is 2.93. The molecule has 0 unspecified atom stereocenters. The molecule has 0 radical (unpaired) electrons. The van der Waals surface area contributed by atoms with Crippen molar-refractivity contribution in [2.75, 3.05) is 0 Å². The fourth-order valence-electron chi connectivity index (χ4n) is 2.47. The van der Waals surface area contributed by atoms with Crippen molar-refractivity contribution in [2.45, 2.75) is 20.0 Å². The minimum atomic E-state index is -2.73. The van der Waals surface area contributed by atoms with Gasteiger partial charge in [-0.2, -0.15) is 9.36 Å². The number of hydrogen-bond acceptors (Lipinski definition) is 4. The summed E-state index contributed by atoms with van der Waals surface area (Å²) in [4.78, 5) is 12.0.